The summed E-state index contributed by atoms with van der Waals surface area (Å²) in [6.45, 7) is 7.12. The Morgan fingerprint density at radius 3 is 2.55 bits per heavy atom. The topological polar surface area (TPSA) is 66.9 Å². The number of hydrogen-bond acceptors (Lipinski definition) is 4. The Hall–Kier alpha value is -2.43. The molecule has 0 aliphatic carbocycles. The van der Waals surface area contributed by atoms with E-state index in [1.54, 1.807) is 12.3 Å². The Kier molecular flexibility index (Phi) is 5.47. The molecule has 0 fully saturated rings. The van der Waals surface area contributed by atoms with Gasteiger partial charge in [-0.15, -0.1) is 0 Å². The van der Waals surface area contributed by atoms with Gasteiger partial charge in [0.25, 0.3) is 5.91 Å². The average Bonchev–Trinajstić information content (AvgIpc) is 2.53. The zero-order valence-electron chi connectivity index (χ0n) is 13.3. The highest BCUT2D eigenvalue weighted by atomic mass is 16.1. The monoisotopic (exact) mass is 298 g/mol. The maximum atomic E-state index is 12.2. The molecule has 2 aromatic rings. The molecular weight excluding hydrogens is 276 g/mol. The van der Waals surface area contributed by atoms with Crippen LogP contribution < -0.4 is 10.6 Å². The number of aromatic nitrogens is 2. The number of nitrogens with zero attached hydrogens (tertiary/aromatic N) is 2. The standard InChI is InChI=1S/C17H22N4O/c1-4-10-18-17-19-11-9-15(21-17)16(22)20-14-7-5-13(6-8-14)12(2)3/h5-9,11-12H,4,10H2,1-3H3,(H,20,22)(H,18,19,21). The highest BCUT2D eigenvalue weighted by molar-refractivity contribution is 6.02. The van der Waals surface area contributed by atoms with Gasteiger partial charge in [-0.05, 0) is 36.1 Å². The van der Waals surface area contributed by atoms with E-state index in [0.29, 0.717) is 17.6 Å². The molecule has 0 spiro atoms. The van der Waals surface area contributed by atoms with Crippen LogP contribution in [0.5, 0.6) is 0 Å². The van der Waals surface area contributed by atoms with E-state index in [1.807, 2.05) is 24.3 Å². The second kappa shape index (κ2) is 7.54. The van der Waals surface area contributed by atoms with Crippen LogP contribution in [0.25, 0.3) is 0 Å². The fourth-order valence-electron chi connectivity index (χ4n) is 1.95. The van der Waals surface area contributed by atoms with Gasteiger partial charge >= 0.3 is 0 Å². The zero-order chi connectivity index (χ0) is 15.9. The fraction of sp³-hybridized carbons (Fsp3) is 0.353. The number of anilines is 2. The summed E-state index contributed by atoms with van der Waals surface area (Å²) in [5.41, 5.74) is 2.35. The van der Waals surface area contributed by atoms with Crippen molar-refractivity contribution in [1.82, 2.24) is 9.97 Å². The summed E-state index contributed by atoms with van der Waals surface area (Å²) in [7, 11) is 0. The highest BCUT2D eigenvalue weighted by Gasteiger charge is 2.09. The lowest BCUT2D eigenvalue weighted by Gasteiger charge is -2.09. The Morgan fingerprint density at radius 1 is 1.18 bits per heavy atom. The lowest BCUT2D eigenvalue weighted by molar-refractivity contribution is 0.102. The number of rotatable bonds is 6. The van der Waals surface area contributed by atoms with E-state index in [1.165, 1.54) is 5.56 Å². The van der Waals surface area contributed by atoms with Crippen molar-refractivity contribution in [2.75, 3.05) is 17.2 Å². The van der Waals surface area contributed by atoms with Crippen LogP contribution in [0, 0.1) is 0 Å². The fourth-order valence-corrected chi connectivity index (χ4v) is 1.95. The van der Waals surface area contributed by atoms with Gasteiger partial charge in [0.05, 0.1) is 0 Å². The van der Waals surface area contributed by atoms with Gasteiger partial charge in [-0.3, -0.25) is 4.79 Å². The maximum Gasteiger partial charge on any atom is 0.274 e. The summed E-state index contributed by atoms with van der Waals surface area (Å²) >= 11 is 0. The quantitative estimate of drug-likeness (QED) is 0.854. The summed E-state index contributed by atoms with van der Waals surface area (Å²) < 4.78 is 0. The molecule has 1 amide bonds. The van der Waals surface area contributed by atoms with Crippen molar-refractivity contribution < 1.29 is 4.79 Å². The summed E-state index contributed by atoms with van der Waals surface area (Å²) in [5, 5.41) is 5.92. The number of carbonyl (C=O) groups is 1. The first-order valence-corrected chi connectivity index (χ1v) is 7.58. The summed E-state index contributed by atoms with van der Waals surface area (Å²) in [5.74, 6) is 0.711. The Bertz CT molecular complexity index is 623. The maximum absolute atomic E-state index is 12.2. The zero-order valence-corrected chi connectivity index (χ0v) is 13.3. The lowest BCUT2D eigenvalue weighted by Crippen LogP contribution is -2.15. The van der Waals surface area contributed by atoms with Crippen molar-refractivity contribution in [2.24, 2.45) is 0 Å². The van der Waals surface area contributed by atoms with Gasteiger partial charge in [-0.1, -0.05) is 32.9 Å². The smallest absolute Gasteiger partial charge is 0.274 e. The van der Waals surface area contributed by atoms with Gasteiger partial charge in [0, 0.05) is 18.4 Å². The van der Waals surface area contributed by atoms with Crippen molar-refractivity contribution in [3.8, 4) is 0 Å². The molecule has 5 heteroatoms. The van der Waals surface area contributed by atoms with Gasteiger partial charge in [0.15, 0.2) is 0 Å². The van der Waals surface area contributed by atoms with Gasteiger partial charge in [0.2, 0.25) is 5.95 Å². The Balaban J connectivity index is 2.05. The molecule has 0 aliphatic heterocycles. The van der Waals surface area contributed by atoms with Crippen molar-refractivity contribution in [1.29, 1.82) is 0 Å². The molecule has 1 heterocycles. The number of hydrogen-bond donors (Lipinski definition) is 2. The van der Waals surface area contributed by atoms with Crippen LogP contribution >= 0.6 is 0 Å². The molecular formula is C17H22N4O. The van der Waals surface area contributed by atoms with Gasteiger partial charge in [-0.25, -0.2) is 9.97 Å². The number of nitrogens with one attached hydrogen (secondary N) is 2. The third-order valence-electron chi connectivity index (χ3n) is 3.26. The van der Waals surface area contributed by atoms with Crippen molar-refractivity contribution in [3.05, 3.63) is 47.8 Å². The first-order chi connectivity index (χ1) is 10.6. The third-order valence-corrected chi connectivity index (χ3v) is 3.26. The highest BCUT2D eigenvalue weighted by Crippen LogP contribution is 2.17. The van der Waals surface area contributed by atoms with Crippen LogP contribution in [-0.4, -0.2) is 22.4 Å². The predicted octanol–water partition coefficient (Wildman–Crippen LogP) is 3.67. The van der Waals surface area contributed by atoms with Crippen LogP contribution in [0.4, 0.5) is 11.6 Å². The second-order valence-corrected chi connectivity index (χ2v) is 5.42. The van der Waals surface area contributed by atoms with Crippen LogP contribution in [0.3, 0.4) is 0 Å². The molecule has 2 rings (SSSR count). The molecule has 0 unspecified atom stereocenters. The Morgan fingerprint density at radius 2 is 1.91 bits per heavy atom. The van der Waals surface area contributed by atoms with Crippen molar-refractivity contribution >= 4 is 17.5 Å². The van der Waals surface area contributed by atoms with Crippen molar-refractivity contribution in [3.63, 3.8) is 0 Å². The van der Waals surface area contributed by atoms with E-state index in [9.17, 15) is 4.79 Å². The molecule has 0 atom stereocenters. The Labute approximate surface area is 131 Å². The van der Waals surface area contributed by atoms with Gasteiger partial charge < -0.3 is 10.6 Å². The molecule has 0 saturated carbocycles. The van der Waals surface area contributed by atoms with Crippen molar-refractivity contribution in [2.45, 2.75) is 33.1 Å². The SMILES string of the molecule is CCCNc1nccc(C(=O)Nc2ccc(C(C)C)cc2)n1. The molecule has 0 radical (unpaired) electrons. The predicted molar refractivity (Wildman–Crippen MR) is 89.3 cm³/mol. The molecule has 0 saturated heterocycles. The van der Waals surface area contributed by atoms with Gasteiger partial charge in [0.1, 0.15) is 5.69 Å². The molecule has 116 valence electrons. The number of amides is 1. The molecule has 22 heavy (non-hydrogen) atoms. The molecule has 0 aliphatic rings. The molecule has 5 nitrogen and oxygen atoms in total. The van der Waals surface area contributed by atoms with E-state index in [-0.39, 0.29) is 5.91 Å². The summed E-state index contributed by atoms with van der Waals surface area (Å²) in [6.07, 6.45) is 2.56. The molecule has 1 aromatic heterocycles. The summed E-state index contributed by atoms with van der Waals surface area (Å²) in [6, 6.07) is 9.47. The number of carbonyl (C=O) groups excluding carboxylic acids is 1. The minimum atomic E-state index is -0.237. The normalized spacial score (nSPS) is 10.5. The first kappa shape index (κ1) is 15.9. The second-order valence-electron chi connectivity index (χ2n) is 5.42. The van der Waals surface area contributed by atoms with E-state index >= 15 is 0 Å². The number of benzene rings is 1. The minimum absolute atomic E-state index is 0.237. The molecule has 1 aromatic carbocycles. The van der Waals surface area contributed by atoms with Crippen LogP contribution in [0.2, 0.25) is 0 Å². The van der Waals surface area contributed by atoms with Crippen LogP contribution in [-0.2, 0) is 0 Å². The lowest BCUT2D eigenvalue weighted by atomic mass is 10.0. The minimum Gasteiger partial charge on any atom is -0.354 e. The van der Waals surface area contributed by atoms with E-state index < -0.39 is 0 Å². The van der Waals surface area contributed by atoms with E-state index in [4.69, 9.17) is 0 Å². The largest absolute Gasteiger partial charge is 0.354 e. The molecule has 2 N–H and O–H groups in total. The van der Waals surface area contributed by atoms with Crippen LogP contribution in [0.15, 0.2) is 36.5 Å². The van der Waals surface area contributed by atoms with Gasteiger partial charge in [-0.2, -0.15) is 0 Å². The first-order valence-electron chi connectivity index (χ1n) is 7.58. The molecule has 0 bridgehead atoms. The third kappa shape index (κ3) is 4.28. The van der Waals surface area contributed by atoms with E-state index in [2.05, 4.69) is 41.4 Å². The average molecular weight is 298 g/mol. The van der Waals surface area contributed by atoms with Crippen LogP contribution in [0.1, 0.15) is 49.2 Å². The summed E-state index contributed by atoms with van der Waals surface area (Å²) in [4.78, 5) is 20.5. The van der Waals surface area contributed by atoms with E-state index in [0.717, 1.165) is 18.7 Å².